The van der Waals surface area contributed by atoms with Crippen molar-refractivity contribution in [3.05, 3.63) is 12.2 Å². The molecular formula is C24H44N2O8S. The van der Waals surface area contributed by atoms with Crippen molar-refractivity contribution in [2.24, 2.45) is 11.5 Å². The molecule has 0 heterocycles. The van der Waals surface area contributed by atoms with Crippen molar-refractivity contribution >= 4 is 28.0 Å². The first-order valence-corrected chi connectivity index (χ1v) is 14.1. The van der Waals surface area contributed by atoms with E-state index < -0.39 is 39.8 Å². The Balaban J connectivity index is 4.68. The van der Waals surface area contributed by atoms with Gasteiger partial charge in [-0.05, 0) is 32.1 Å². The third-order valence-corrected chi connectivity index (χ3v) is 6.45. The molecule has 0 rings (SSSR count). The minimum atomic E-state index is -4.84. The average molecular weight is 521 g/mol. The van der Waals surface area contributed by atoms with E-state index >= 15 is 0 Å². The van der Waals surface area contributed by atoms with Crippen LogP contribution >= 0.6 is 0 Å². The molecule has 0 aromatic heterocycles. The van der Waals surface area contributed by atoms with E-state index in [9.17, 15) is 27.4 Å². The van der Waals surface area contributed by atoms with Gasteiger partial charge < -0.3 is 20.9 Å². The van der Waals surface area contributed by atoms with Crippen LogP contribution in [-0.2, 0) is 34.0 Å². The van der Waals surface area contributed by atoms with E-state index in [1.807, 2.05) is 12.2 Å². The summed E-state index contributed by atoms with van der Waals surface area (Å²) in [5.41, 5.74) is 10.4. The Morgan fingerprint density at radius 1 is 0.971 bits per heavy atom. The number of primary amides is 1. The number of unbranched alkanes of at least 4 members (excludes halogenated alkanes) is 8. The van der Waals surface area contributed by atoms with Crippen molar-refractivity contribution in [2.45, 2.75) is 108 Å². The molecule has 0 spiro atoms. The molecule has 0 aromatic carbocycles. The van der Waals surface area contributed by atoms with Crippen molar-refractivity contribution in [3.63, 3.8) is 0 Å². The number of hydrogen-bond acceptors (Lipinski definition) is 8. The quantitative estimate of drug-likeness (QED) is 0.0837. The predicted octanol–water partition coefficient (Wildman–Crippen LogP) is 3.18. The Bertz CT molecular complexity index is 740. The fourth-order valence-corrected chi connectivity index (χ4v) is 4.09. The molecule has 10 nitrogen and oxygen atoms in total. The molecule has 1 amide bonds. The van der Waals surface area contributed by atoms with Crippen LogP contribution in [0, 0.1) is 0 Å². The second kappa shape index (κ2) is 20.2. The van der Waals surface area contributed by atoms with Gasteiger partial charge in [0.15, 0.2) is 5.25 Å². The number of esters is 2. The van der Waals surface area contributed by atoms with E-state index in [1.54, 1.807) is 0 Å². The number of carbonyl (C=O) groups is 3. The second-order valence-corrected chi connectivity index (χ2v) is 10.2. The number of nitrogens with two attached hydrogens (primary N) is 2. The maximum Gasteiger partial charge on any atom is 0.327 e. The molecule has 11 heteroatoms. The zero-order valence-corrected chi connectivity index (χ0v) is 21.8. The molecular weight excluding hydrogens is 476 g/mol. The van der Waals surface area contributed by atoms with E-state index in [4.69, 9.17) is 16.2 Å². The number of carbonyl (C=O) groups excluding carboxylic acids is 3. The zero-order valence-electron chi connectivity index (χ0n) is 21.0. The molecule has 0 aliphatic carbocycles. The molecule has 2 atom stereocenters. The van der Waals surface area contributed by atoms with Crippen molar-refractivity contribution in [2.75, 3.05) is 13.2 Å². The number of ether oxygens (including phenoxy) is 2. The van der Waals surface area contributed by atoms with E-state index in [0.29, 0.717) is 19.3 Å². The Morgan fingerprint density at radius 3 is 2.26 bits per heavy atom. The smallest absolute Gasteiger partial charge is 0.327 e. The van der Waals surface area contributed by atoms with Gasteiger partial charge in [-0.15, -0.1) is 0 Å². The third kappa shape index (κ3) is 19.0. The van der Waals surface area contributed by atoms with Gasteiger partial charge in [0, 0.05) is 19.4 Å². The highest BCUT2D eigenvalue weighted by Gasteiger charge is 2.36. The van der Waals surface area contributed by atoms with Gasteiger partial charge in [0.1, 0.15) is 12.7 Å². The Kier molecular flexibility index (Phi) is 19.1. The molecule has 0 aliphatic heterocycles. The monoisotopic (exact) mass is 520 g/mol. The lowest BCUT2D eigenvalue weighted by Crippen LogP contribution is -2.36. The first kappa shape index (κ1) is 33.0. The molecule has 204 valence electrons. The van der Waals surface area contributed by atoms with Gasteiger partial charge in [0.25, 0.3) is 10.1 Å². The van der Waals surface area contributed by atoms with Gasteiger partial charge in [0.2, 0.25) is 5.91 Å². The first-order valence-electron chi connectivity index (χ1n) is 12.6. The maximum absolute atomic E-state index is 12.4. The SMILES string of the molecule is CCCCCC[C@H](C/C=C\CCCCCCCC(N)=O)OC(=O)CC(C(=O)OCCN)S(=O)(=O)O. The normalized spacial score (nSPS) is 13.5. The molecule has 0 saturated heterocycles. The van der Waals surface area contributed by atoms with E-state index in [-0.39, 0.29) is 19.1 Å². The highest BCUT2D eigenvalue weighted by atomic mass is 32.2. The standard InChI is InChI=1S/C24H44N2O8S/c1-2-3-4-11-14-20(15-12-9-7-5-6-8-10-13-16-22(26)27)34-23(28)19-21(35(30,31)32)24(29)33-18-17-25/h9,12,20-21H,2-8,10-11,13-19,25H2,1H3,(H2,26,27)(H,30,31,32)/b12-9-/t20-,21?/m1/s1. The number of allylic oxidation sites excluding steroid dienone is 1. The summed E-state index contributed by atoms with van der Waals surface area (Å²) in [6.45, 7) is 1.85. The van der Waals surface area contributed by atoms with Crippen molar-refractivity contribution in [3.8, 4) is 0 Å². The molecule has 1 unspecified atom stereocenters. The molecule has 0 fully saturated rings. The molecule has 0 aromatic rings. The highest BCUT2D eigenvalue weighted by Crippen LogP contribution is 2.16. The summed E-state index contributed by atoms with van der Waals surface area (Å²) < 4.78 is 42.6. The fraction of sp³-hybridized carbons (Fsp3) is 0.792. The van der Waals surface area contributed by atoms with Crippen LogP contribution in [0.2, 0.25) is 0 Å². The molecule has 0 radical (unpaired) electrons. The summed E-state index contributed by atoms with van der Waals surface area (Å²) in [6.07, 6.45) is 14.0. The van der Waals surface area contributed by atoms with Crippen LogP contribution in [0.25, 0.3) is 0 Å². The molecule has 5 N–H and O–H groups in total. The average Bonchev–Trinajstić information content (AvgIpc) is 2.78. The van der Waals surface area contributed by atoms with Crippen molar-refractivity contribution < 1.29 is 36.8 Å². The Morgan fingerprint density at radius 2 is 1.63 bits per heavy atom. The van der Waals surface area contributed by atoms with E-state index in [0.717, 1.165) is 64.2 Å². The largest absolute Gasteiger partial charge is 0.463 e. The van der Waals surface area contributed by atoms with Gasteiger partial charge in [-0.3, -0.25) is 18.9 Å². The van der Waals surface area contributed by atoms with Crippen LogP contribution in [0.1, 0.15) is 96.8 Å². The summed E-state index contributed by atoms with van der Waals surface area (Å²) in [5, 5.41) is -2.04. The zero-order chi connectivity index (χ0) is 26.5. The first-order chi connectivity index (χ1) is 16.6. The lowest BCUT2D eigenvalue weighted by Gasteiger charge is -2.18. The van der Waals surface area contributed by atoms with Crippen LogP contribution in [0.15, 0.2) is 12.2 Å². The summed E-state index contributed by atoms with van der Waals surface area (Å²) in [4.78, 5) is 35.0. The minimum absolute atomic E-state index is 0.0180. The summed E-state index contributed by atoms with van der Waals surface area (Å²) in [7, 11) is -4.84. The Labute approximate surface area is 209 Å². The van der Waals surface area contributed by atoms with Crippen LogP contribution in [-0.4, -0.2) is 55.3 Å². The molecule has 0 aliphatic rings. The summed E-state index contributed by atoms with van der Waals surface area (Å²) >= 11 is 0. The third-order valence-electron chi connectivity index (χ3n) is 5.37. The second-order valence-electron chi connectivity index (χ2n) is 8.60. The Hall–Kier alpha value is -1.98. The molecule has 35 heavy (non-hydrogen) atoms. The summed E-state index contributed by atoms with van der Waals surface area (Å²) in [6, 6.07) is 0. The van der Waals surface area contributed by atoms with E-state index in [1.165, 1.54) is 0 Å². The summed E-state index contributed by atoms with van der Waals surface area (Å²) in [5.74, 6) is -2.39. The number of hydrogen-bond donors (Lipinski definition) is 3. The molecule has 0 saturated carbocycles. The number of amides is 1. The lowest BCUT2D eigenvalue weighted by atomic mass is 10.1. The minimum Gasteiger partial charge on any atom is -0.463 e. The lowest BCUT2D eigenvalue weighted by molar-refractivity contribution is -0.153. The number of rotatable bonds is 22. The van der Waals surface area contributed by atoms with Gasteiger partial charge in [-0.25, -0.2) is 0 Å². The van der Waals surface area contributed by atoms with Gasteiger partial charge in [-0.1, -0.05) is 57.6 Å². The topological polar surface area (TPSA) is 176 Å². The maximum atomic E-state index is 12.4. The highest BCUT2D eigenvalue weighted by molar-refractivity contribution is 7.87. The van der Waals surface area contributed by atoms with Crippen LogP contribution < -0.4 is 11.5 Å². The van der Waals surface area contributed by atoms with Crippen LogP contribution in [0.5, 0.6) is 0 Å². The predicted molar refractivity (Wildman–Crippen MR) is 134 cm³/mol. The van der Waals surface area contributed by atoms with Crippen molar-refractivity contribution in [1.29, 1.82) is 0 Å². The molecule has 0 bridgehead atoms. The van der Waals surface area contributed by atoms with Crippen LogP contribution in [0.4, 0.5) is 0 Å². The van der Waals surface area contributed by atoms with E-state index in [2.05, 4.69) is 11.7 Å². The van der Waals surface area contributed by atoms with Crippen molar-refractivity contribution in [1.82, 2.24) is 0 Å². The fourth-order valence-electron chi connectivity index (χ4n) is 3.43. The van der Waals surface area contributed by atoms with Crippen LogP contribution in [0.3, 0.4) is 0 Å². The van der Waals surface area contributed by atoms with Gasteiger partial charge in [0.05, 0.1) is 6.42 Å². The van der Waals surface area contributed by atoms with Gasteiger partial charge >= 0.3 is 11.9 Å². The van der Waals surface area contributed by atoms with Gasteiger partial charge in [-0.2, -0.15) is 8.42 Å².